The molecule has 156 valence electrons. The number of carbonyl (C=O) groups excluding carboxylic acids is 2. The average molecular weight is 422 g/mol. The third-order valence-electron chi connectivity index (χ3n) is 4.03. The molecule has 3 rings (SSSR count). The molecule has 7 nitrogen and oxygen atoms in total. The van der Waals surface area contributed by atoms with Crippen LogP contribution in [0, 0.1) is 5.82 Å². The SMILES string of the molecule is COC(=O)c1ccc(CNC(=O)c2nnn(-c3cccc(F)c3)c2C(F)(F)F)cc1. The molecule has 30 heavy (non-hydrogen) atoms. The molecular weight excluding hydrogens is 408 g/mol. The second-order valence-corrected chi connectivity index (χ2v) is 6.05. The van der Waals surface area contributed by atoms with Gasteiger partial charge in [0.15, 0.2) is 11.4 Å². The second kappa shape index (κ2) is 8.31. The van der Waals surface area contributed by atoms with Crippen molar-refractivity contribution in [3.05, 3.63) is 76.9 Å². The fourth-order valence-electron chi connectivity index (χ4n) is 2.62. The molecule has 0 aliphatic carbocycles. The molecule has 0 aliphatic heterocycles. The van der Waals surface area contributed by atoms with Crippen molar-refractivity contribution in [3.8, 4) is 5.69 Å². The summed E-state index contributed by atoms with van der Waals surface area (Å²) in [4.78, 5) is 23.8. The fraction of sp³-hybridized carbons (Fsp3) is 0.158. The van der Waals surface area contributed by atoms with E-state index in [1.165, 1.54) is 43.5 Å². The van der Waals surface area contributed by atoms with Crippen molar-refractivity contribution in [2.45, 2.75) is 12.7 Å². The van der Waals surface area contributed by atoms with Crippen LogP contribution in [-0.2, 0) is 17.5 Å². The summed E-state index contributed by atoms with van der Waals surface area (Å²) in [5.41, 5.74) is -1.79. The Morgan fingerprint density at radius 2 is 1.83 bits per heavy atom. The van der Waals surface area contributed by atoms with Gasteiger partial charge in [-0.3, -0.25) is 4.79 Å². The van der Waals surface area contributed by atoms with Crippen LogP contribution in [0.15, 0.2) is 48.5 Å². The van der Waals surface area contributed by atoms with E-state index in [-0.39, 0.29) is 17.8 Å². The van der Waals surface area contributed by atoms with Gasteiger partial charge in [-0.1, -0.05) is 23.4 Å². The molecule has 0 fully saturated rings. The van der Waals surface area contributed by atoms with E-state index in [1.54, 1.807) is 0 Å². The lowest BCUT2D eigenvalue weighted by atomic mass is 10.1. The van der Waals surface area contributed by atoms with E-state index in [9.17, 15) is 27.2 Å². The van der Waals surface area contributed by atoms with Crippen molar-refractivity contribution in [1.82, 2.24) is 20.3 Å². The van der Waals surface area contributed by atoms with Gasteiger partial charge in [0.1, 0.15) is 5.82 Å². The minimum Gasteiger partial charge on any atom is -0.465 e. The van der Waals surface area contributed by atoms with Crippen molar-refractivity contribution in [3.63, 3.8) is 0 Å². The van der Waals surface area contributed by atoms with E-state index >= 15 is 0 Å². The maximum absolute atomic E-state index is 13.6. The number of hydrogen-bond acceptors (Lipinski definition) is 5. The van der Waals surface area contributed by atoms with Crippen LogP contribution in [0.4, 0.5) is 17.6 Å². The number of methoxy groups -OCH3 is 1. The lowest BCUT2D eigenvalue weighted by Gasteiger charge is -2.11. The zero-order valence-electron chi connectivity index (χ0n) is 15.4. The van der Waals surface area contributed by atoms with Gasteiger partial charge in [0.25, 0.3) is 5.91 Å². The summed E-state index contributed by atoms with van der Waals surface area (Å²) in [6.45, 7) is -0.121. The Hall–Kier alpha value is -3.76. The van der Waals surface area contributed by atoms with Crippen molar-refractivity contribution in [2.75, 3.05) is 7.11 Å². The van der Waals surface area contributed by atoms with Gasteiger partial charge in [0.2, 0.25) is 0 Å². The number of rotatable bonds is 5. The monoisotopic (exact) mass is 422 g/mol. The molecule has 0 unspecified atom stereocenters. The Bertz CT molecular complexity index is 1080. The number of halogens is 4. The summed E-state index contributed by atoms with van der Waals surface area (Å²) in [7, 11) is 1.23. The van der Waals surface area contributed by atoms with Crippen LogP contribution in [0.1, 0.15) is 32.1 Å². The number of esters is 1. The number of ether oxygens (including phenoxy) is 1. The molecule has 0 aliphatic rings. The van der Waals surface area contributed by atoms with Gasteiger partial charge in [-0.05, 0) is 35.9 Å². The minimum atomic E-state index is -4.97. The van der Waals surface area contributed by atoms with Crippen LogP contribution in [0.2, 0.25) is 0 Å². The predicted octanol–water partition coefficient (Wildman–Crippen LogP) is 3.14. The highest BCUT2D eigenvalue weighted by Crippen LogP contribution is 2.32. The lowest BCUT2D eigenvalue weighted by molar-refractivity contribution is -0.143. The molecule has 0 saturated heterocycles. The van der Waals surface area contributed by atoms with Crippen LogP contribution in [0.5, 0.6) is 0 Å². The van der Waals surface area contributed by atoms with Crippen molar-refractivity contribution >= 4 is 11.9 Å². The molecule has 1 N–H and O–H groups in total. The van der Waals surface area contributed by atoms with Crippen LogP contribution >= 0.6 is 0 Å². The number of nitrogens with one attached hydrogen (secondary N) is 1. The van der Waals surface area contributed by atoms with Crippen molar-refractivity contribution in [2.24, 2.45) is 0 Å². The molecule has 0 saturated carbocycles. The molecule has 1 amide bonds. The van der Waals surface area contributed by atoms with E-state index in [0.29, 0.717) is 10.2 Å². The summed E-state index contributed by atoms with van der Waals surface area (Å²) in [5, 5.41) is 9.05. The molecule has 3 aromatic rings. The number of carbonyl (C=O) groups is 2. The van der Waals surface area contributed by atoms with Gasteiger partial charge < -0.3 is 10.1 Å². The minimum absolute atomic E-state index is 0.121. The normalized spacial score (nSPS) is 11.2. The topological polar surface area (TPSA) is 86.1 Å². The third-order valence-corrected chi connectivity index (χ3v) is 4.03. The van der Waals surface area contributed by atoms with Crippen molar-refractivity contribution < 1.29 is 31.9 Å². The van der Waals surface area contributed by atoms with Gasteiger partial charge >= 0.3 is 12.1 Å². The Morgan fingerprint density at radius 1 is 1.13 bits per heavy atom. The van der Waals surface area contributed by atoms with Crippen LogP contribution in [0.3, 0.4) is 0 Å². The van der Waals surface area contributed by atoms with E-state index in [0.717, 1.165) is 12.1 Å². The molecule has 0 atom stereocenters. The van der Waals surface area contributed by atoms with Gasteiger partial charge in [0.05, 0.1) is 18.4 Å². The lowest BCUT2D eigenvalue weighted by Crippen LogP contribution is -2.27. The Labute approximate surface area is 167 Å². The fourth-order valence-corrected chi connectivity index (χ4v) is 2.62. The number of nitrogens with zero attached hydrogens (tertiary/aromatic N) is 3. The summed E-state index contributed by atoms with van der Waals surface area (Å²) >= 11 is 0. The predicted molar refractivity (Wildman–Crippen MR) is 95.3 cm³/mol. The molecule has 1 heterocycles. The Kier molecular flexibility index (Phi) is 5.81. The van der Waals surface area contributed by atoms with E-state index in [4.69, 9.17) is 0 Å². The highest BCUT2D eigenvalue weighted by atomic mass is 19.4. The number of alkyl halides is 3. The first-order chi connectivity index (χ1) is 14.2. The Morgan fingerprint density at radius 3 is 2.43 bits per heavy atom. The first-order valence-corrected chi connectivity index (χ1v) is 8.45. The zero-order chi connectivity index (χ0) is 21.9. The highest BCUT2D eigenvalue weighted by molar-refractivity contribution is 5.93. The number of amides is 1. The smallest absolute Gasteiger partial charge is 0.435 e. The van der Waals surface area contributed by atoms with E-state index in [1.807, 2.05) is 0 Å². The van der Waals surface area contributed by atoms with Crippen LogP contribution < -0.4 is 5.32 Å². The average Bonchev–Trinajstić information content (AvgIpc) is 3.18. The summed E-state index contributed by atoms with van der Waals surface area (Å²) in [6.07, 6.45) is -4.97. The molecule has 0 bridgehead atoms. The largest absolute Gasteiger partial charge is 0.465 e. The Balaban J connectivity index is 1.83. The molecule has 1 aromatic heterocycles. The number of aromatic nitrogens is 3. The van der Waals surface area contributed by atoms with Gasteiger partial charge in [-0.2, -0.15) is 13.2 Å². The number of hydrogen-bond donors (Lipinski definition) is 1. The highest BCUT2D eigenvalue weighted by Gasteiger charge is 2.42. The maximum atomic E-state index is 13.6. The van der Waals surface area contributed by atoms with Gasteiger partial charge in [-0.25, -0.2) is 13.9 Å². The summed E-state index contributed by atoms with van der Waals surface area (Å²) in [6, 6.07) is 10.3. The molecule has 0 spiro atoms. The maximum Gasteiger partial charge on any atom is 0.435 e. The third kappa shape index (κ3) is 4.45. The van der Waals surface area contributed by atoms with Crippen LogP contribution in [0.25, 0.3) is 5.69 Å². The van der Waals surface area contributed by atoms with E-state index < -0.39 is 35.3 Å². The first kappa shape index (κ1) is 21.0. The summed E-state index contributed by atoms with van der Waals surface area (Å²) < 4.78 is 59.1. The quantitative estimate of drug-likeness (QED) is 0.504. The second-order valence-electron chi connectivity index (χ2n) is 6.05. The molecule has 0 radical (unpaired) electrons. The first-order valence-electron chi connectivity index (χ1n) is 8.45. The standard InChI is InChI=1S/C19H14F4N4O3/c1-30-18(29)12-7-5-11(6-8-12)10-24-17(28)15-16(19(21,22)23)27(26-25-15)14-4-2-3-13(20)9-14/h2-9H,10H2,1H3,(H,24,28). The van der Waals surface area contributed by atoms with Crippen LogP contribution in [-0.4, -0.2) is 34.0 Å². The summed E-state index contributed by atoms with van der Waals surface area (Å²) in [5.74, 6) is -2.42. The molecular formula is C19H14F4N4O3. The molecule has 2 aromatic carbocycles. The van der Waals surface area contributed by atoms with Gasteiger partial charge in [0, 0.05) is 6.54 Å². The van der Waals surface area contributed by atoms with Gasteiger partial charge in [-0.15, -0.1) is 5.10 Å². The van der Waals surface area contributed by atoms with E-state index in [2.05, 4.69) is 20.4 Å². The van der Waals surface area contributed by atoms with Crippen molar-refractivity contribution in [1.29, 1.82) is 0 Å². The zero-order valence-corrected chi connectivity index (χ0v) is 15.4. The molecule has 11 heteroatoms. The number of benzene rings is 2.